The van der Waals surface area contributed by atoms with Crippen LogP contribution in [0.5, 0.6) is 0 Å². The fourth-order valence-corrected chi connectivity index (χ4v) is 2.24. The number of aromatic nitrogens is 2. The third-order valence-corrected chi connectivity index (χ3v) is 3.10. The minimum absolute atomic E-state index is 0.294. The van der Waals surface area contributed by atoms with Gasteiger partial charge >= 0.3 is 0 Å². The Labute approximate surface area is 92.8 Å². The molecule has 4 heteroatoms. The summed E-state index contributed by atoms with van der Waals surface area (Å²) in [6, 6.07) is 0. The van der Waals surface area contributed by atoms with E-state index in [0.717, 1.165) is 23.5 Å². The summed E-state index contributed by atoms with van der Waals surface area (Å²) in [6.45, 7) is 2.10. The molecule has 2 heterocycles. The Hall–Kier alpha value is -1.16. The summed E-state index contributed by atoms with van der Waals surface area (Å²) in [5.74, 6) is 0.294. The van der Waals surface area contributed by atoms with Crippen molar-refractivity contribution in [1.29, 1.82) is 0 Å². The van der Waals surface area contributed by atoms with E-state index in [-0.39, 0.29) is 0 Å². The molecule has 0 saturated heterocycles. The Balaban J connectivity index is 2.00. The first-order valence-corrected chi connectivity index (χ1v) is 6.10. The number of hydrogen-bond donors (Lipinski definition) is 0. The van der Waals surface area contributed by atoms with Gasteiger partial charge in [0.2, 0.25) is 0 Å². The summed E-state index contributed by atoms with van der Waals surface area (Å²) >= 11 is 1.59. The number of hydrogen-bond acceptors (Lipinski definition) is 3. The normalized spacial score (nSPS) is 11.0. The van der Waals surface area contributed by atoms with Crippen molar-refractivity contribution < 1.29 is 4.79 Å². The smallest absolute Gasteiger partial charge is 0.193 e. The number of unbranched alkanes of at least 4 members (excludes halogenated alkanes) is 1. The number of Topliss-reactive ketones (excluding diaryl/α,β-unsaturated/α-hetero) is 1. The van der Waals surface area contributed by atoms with Gasteiger partial charge in [-0.3, -0.25) is 9.20 Å². The highest BCUT2D eigenvalue weighted by Crippen LogP contribution is 2.12. The summed E-state index contributed by atoms with van der Waals surface area (Å²) in [4.78, 5) is 16.9. The summed E-state index contributed by atoms with van der Waals surface area (Å²) < 4.78 is 1.97. The zero-order valence-corrected chi connectivity index (χ0v) is 9.59. The van der Waals surface area contributed by atoms with Crippen molar-refractivity contribution in [2.24, 2.45) is 0 Å². The molecule has 0 aliphatic carbocycles. The summed E-state index contributed by atoms with van der Waals surface area (Å²) in [6.07, 6.45) is 7.13. The molecule has 0 amide bonds. The van der Waals surface area contributed by atoms with Gasteiger partial charge in [-0.2, -0.15) is 0 Å². The number of nitrogens with zero attached hydrogens (tertiary/aromatic N) is 2. The largest absolute Gasteiger partial charge is 0.299 e. The van der Waals surface area contributed by atoms with Gasteiger partial charge in [-0.05, 0) is 6.42 Å². The lowest BCUT2D eigenvalue weighted by Gasteiger charge is -1.95. The van der Waals surface area contributed by atoms with Gasteiger partial charge in [0, 0.05) is 24.2 Å². The summed E-state index contributed by atoms with van der Waals surface area (Å²) in [5, 5.41) is 1.99. The van der Waals surface area contributed by atoms with Crippen LogP contribution in [0.4, 0.5) is 0 Å². The minimum Gasteiger partial charge on any atom is -0.299 e. The molecule has 2 aromatic rings. The molecule has 0 bridgehead atoms. The van der Waals surface area contributed by atoms with Gasteiger partial charge in [0.15, 0.2) is 4.96 Å². The van der Waals surface area contributed by atoms with Crippen molar-refractivity contribution >= 4 is 22.1 Å². The Morgan fingerprint density at radius 2 is 2.47 bits per heavy atom. The highest BCUT2D eigenvalue weighted by atomic mass is 32.1. The second-order valence-corrected chi connectivity index (χ2v) is 4.52. The van der Waals surface area contributed by atoms with E-state index in [2.05, 4.69) is 11.9 Å². The Morgan fingerprint density at radius 3 is 3.20 bits per heavy atom. The van der Waals surface area contributed by atoms with Crippen molar-refractivity contribution in [3.05, 3.63) is 23.5 Å². The first kappa shape index (κ1) is 10.4. The number of ketones is 1. The molecule has 0 fully saturated rings. The van der Waals surface area contributed by atoms with E-state index < -0.39 is 0 Å². The van der Waals surface area contributed by atoms with Gasteiger partial charge in [0.1, 0.15) is 5.78 Å². The van der Waals surface area contributed by atoms with Crippen molar-refractivity contribution in [2.45, 2.75) is 32.6 Å². The summed E-state index contributed by atoms with van der Waals surface area (Å²) in [5.41, 5.74) is 0.892. The lowest BCUT2D eigenvalue weighted by molar-refractivity contribution is -0.118. The molecule has 0 aliphatic heterocycles. The topological polar surface area (TPSA) is 34.4 Å². The highest BCUT2D eigenvalue weighted by molar-refractivity contribution is 7.15. The highest BCUT2D eigenvalue weighted by Gasteiger charge is 2.07. The standard InChI is InChI=1S/C11H14N2OS/c1-2-3-4-10(14)7-9-8-13-5-6-15-11(13)12-9/h5-6,8H,2-4,7H2,1H3. The zero-order chi connectivity index (χ0) is 10.7. The van der Waals surface area contributed by atoms with E-state index in [0.29, 0.717) is 18.6 Å². The van der Waals surface area contributed by atoms with Crippen molar-refractivity contribution in [2.75, 3.05) is 0 Å². The molecule has 0 saturated carbocycles. The average Bonchev–Trinajstić information content (AvgIpc) is 2.74. The van der Waals surface area contributed by atoms with Crippen LogP contribution in [0.15, 0.2) is 17.8 Å². The first-order valence-electron chi connectivity index (χ1n) is 5.22. The fourth-order valence-electron chi connectivity index (χ4n) is 1.53. The predicted octanol–water partition coefficient (Wildman–Crippen LogP) is 2.70. The zero-order valence-electron chi connectivity index (χ0n) is 8.77. The monoisotopic (exact) mass is 222 g/mol. The van der Waals surface area contributed by atoms with E-state index in [9.17, 15) is 4.79 Å². The molecular weight excluding hydrogens is 208 g/mol. The van der Waals surface area contributed by atoms with Gasteiger partial charge in [0.05, 0.1) is 12.1 Å². The average molecular weight is 222 g/mol. The van der Waals surface area contributed by atoms with Gasteiger partial charge in [0.25, 0.3) is 0 Å². The Kier molecular flexibility index (Phi) is 3.16. The van der Waals surface area contributed by atoms with Crippen molar-refractivity contribution in [3.8, 4) is 0 Å². The van der Waals surface area contributed by atoms with Gasteiger partial charge in [-0.1, -0.05) is 13.3 Å². The van der Waals surface area contributed by atoms with Crippen molar-refractivity contribution in [1.82, 2.24) is 9.38 Å². The van der Waals surface area contributed by atoms with Crippen LogP contribution in [0.1, 0.15) is 31.9 Å². The SMILES string of the molecule is CCCCC(=O)Cc1cn2ccsc2n1. The second-order valence-electron chi connectivity index (χ2n) is 3.64. The second kappa shape index (κ2) is 4.57. The molecule has 0 radical (unpaired) electrons. The quantitative estimate of drug-likeness (QED) is 0.779. The van der Waals surface area contributed by atoms with Crippen LogP contribution in [0, 0.1) is 0 Å². The summed E-state index contributed by atoms with van der Waals surface area (Å²) in [7, 11) is 0. The van der Waals surface area contributed by atoms with E-state index >= 15 is 0 Å². The molecule has 0 aromatic carbocycles. The molecule has 0 unspecified atom stereocenters. The lowest BCUT2D eigenvalue weighted by Crippen LogP contribution is -2.02. The molecule has 3 nitrogen and oxygen atoms in total. The molecule has 0 N–H and O–H groups in total. The van der Waals surface area contributed by atoms with Crippen LogP contribution in [0.2, 0.25) is 0 Å². The number of carbonyl (C=O) groups excluding carboxylic acids is 1. The maximum atomic E-state index is 11.5. The number of fused-ring (bicyclic) bond motifs is 1. The van der Waals surface area contributed by atoms with Gasteiger partial charge < -0.3 is 0 Å². The van der Waals surface area contributed by atoms with Gasteiger partial charge in [-0.25, -0.2) is 4.98 Å². The van der Waals surface area contributed by atoms with Crippen molar-refractivity contribution in [3.63, 3.8) is 0 Å². The molecule has 0 atom stereocenters. The van der Waals surface area contributed by atoms with Crippen LogP contribution in [-0.4, -0.2) is 15.2 Å². The third kappa shape index (κ3) is 2.45. The van der Waals surface area contributed by atoms with Crippen LogP contribution in [-0.2, 0) is 11.2 Å². The number of imidazole rings is 1. The Bertz CT molecular complexity index is 429. The molecule has 15 heavy (non-hydrogen) atoms. The fraction of sp³-hybridized carbons (Fsp3) is 0.455. The maximum absolute atomic E-state index is 11.5. The molecule has 0 spiro atoms. The van der Waals surface area contributed by atoms with Crippen LogP contribution < -0.4 is 0 Å². The predicted molar refractivity (Wildman–Crippen MR) is 61.3 cm³/mol. The molecule has 80 valence electrons. The van der Waals surface area contributed by atoms with Gasteiger partial charge in [-0.15, -0.1) is 11.3 Å². The molecule has 0 aliphatic rings. The van der Waals surface area contributed by atoms with E-state index in [1.165, 1.54) is 0 Å². The number of thiazole rings is 1. The number of rotatable bonds is 5. The molecular formula is C11H14N2OS. The van der Waals surface area contributed by atoms with Crippen LogP contribution >= 0.6 is 11.3 Å². The number of carbonyl (C=O) groups is 1. The van der Waals surface area contributed by atoms with Crippen LogP contribution in [0.25, 0.3) is 4.96 Å². The maximum Gasteiger partial charge on any atom is 0.193 e. The first-order chi connectivity index (χ1) is 7.29. The van der Waals surface area contributed by atoms with E-state index in [1.807, 2.05) is 22.2 Å². The van der Waals surface area contributed by atoms with E-state index in [4.69, 9.17) is 0 Å². The molecule has 2 rings (SSSR count). The van der Waals surface area contributed by atoms with Crippen LogP contribution in [0.3, 0.4) is 0 Å². The minimum atomic E-state index is 0.294. The molecule has 2 aromatic heterocycles. The van der Waals surface area contributed by atoms with E-state index in [1.54, 1.807) is 11.3 Å². The third-order valence-electron chi connectivity index (χ3n) is 2.33. The lowest BCUT2D eigenvalue weighted by atomic mass is 10.1. The Morgan fingerprint density at radius 1 is 1.60 bits per heavy atom.